The number of hydrogen-bond donors (Lipinski definition) is 4. The molecule has 506 valence electrons. The second-order valence-corrected chi connectivity index (χ2v) is 26.9. The van der Waals surface area contributed by atoms with Crippen molar-refractivity contribution in [3.8, 4) is 0 Å². The second-order valence-electron chi connectivity index (χ2n) is 26.9. The van der Waals surface area contributed by atoms with E-state index in [9.17, 15) is 38.4 Å². The fourth-order valence-electron chi connectivity index (χ4n) is 9.65. The average molecular weight is 1320 g/mol. The molecule has 4 aromatic carbocycles. The van der Waals surface area contributed by atoms with Gasteiger partial charge in [-0.3, -0.25) is 38.4 Å². The lowest BCUT2D eigenvalue weighted by Gasteiger charge is -2.32. The van der Waals surface area contributed by atoms with Crippen molar-refractivity contribution in [1.82, 2.24) is 60.0 Å². The molecule has 0 radical (unpaired) electrons. The highest BCUT2D eigenvalue weighted by molar-refractivity contribution is 6.03. The van der Waals surface area contributed by atoms with Crippen LogP contribution in [-0.2, 0) is 90.7 Å². The normalized spacial score (nSPS) is 12.0. The van der Waals surface area contributed by atoms with Gasteiger partial charge in [-0.1, -0.05) is 146 Å². The van der Waals surface area contributed by atoms with E-state index in [2.05, 4.69) is 62.5 Å². The number of nitrogens with one attached hydrogen (secondary N) is 4. The molecule has 0 spiro atoms. The molecule has 0 aliphatic carbocycles. The van der Waals surface area contributed by atoms with E-state index in [-0.39, 0.29) is 108 Å². The van der Waals surface area contributed by atoms with Crippen LogP contribution in [0.3, 0.4) is 0 Å². The first-order valence-electron chi connectivity index (χ1n) is 31.1. The number of carbonyl (C=O) groups is 8. The molecule has 96 heavy (non-hydrogen) atoms. The molecular formula is C68H82N16O12. The number of aromatic nitrogens is 12. The van der Waals surface area contributed by atoms with E-state index in [1.165, 1.54) is 18.7 Å². The topological polar surface area (TPSA) is 344 Å². The molecule has 4 amide bonds. The Morgan fingerprint density at radius 3 is 0.854 bits per heavy atom. The number of rotatable bonds is 33. The van der Waals surface area contributed by atoms with Crippen LogP contribution in [0, 0.1) is 27.6 Å². The second kappa shape index (κ2) is 31.8. The van der Waals surface area contributed by atoms with Crippen molar-refractivity contribution in [3.63, 3.8) is 0 Å². The monoisotopic (exact) mass is 1310 g/mol. The number of hydrogen-bond acceptors (Lipinski definition) is 20. The molecule has 0 unspecified atom stereocenters. The van der Waals surface area contributed by atoms with Gasteiger partial charge < -0.3 is 40.2 Å². The van der Waals surface area contributed by atoms with E-state index >= 15 is 0 Å². The Labute approximate surface area is 555 Å². The number of nitrogens with zero attached hydrogens (tertiary/aromatic N) is 12. The standard InChI is InChI=1S/C68H82N16O12/c1-44(2)61(89)45-16-12-20-49(24-45)69-57(85)32-81-28-53(73-77-81)36-93-40-68(41-94-37-54-29-82(78-74-54)33-58(86)70-50-21-13-17-46(25-50)62(90)65(3,4)5,42-95-38-55-30-83(79-75-55)34-59(87)71-51-22-14-18-47(26-51)63(91)66(6,7)8)43-96-39-56-31-84(80-76-56)35-60(88)72-52-23-15-19-48(27-52)64(92)67(9,10)11/h12-31,44H,32-43H2,1-11H3,(H,69,85)(H,70,86)(H,71,87)(H,72,88). The maximum absolute atomic E-state index is 13.3. The van der Waals surface area contributed by atoms with Gasteiger partial charge in [-0.15, -0.1) is 20.4 Å². The largest absolute Gasteiger partial charge is 0.374 e. The predicted molar refractivity (Wildman–Crippen MR) is 352 cm³/mol. The molecule has 8 rings (SSSR count). The lowest BCUT2D eigenvalue weighted by Crippen LogP contribution is -2.41. The highest BCUT2D eigenvalue weighted by atomic mass is 16.5. The van der Waals surface area contributed by atoms with Crippen LogP contribution < -0.4 is 21.3 Å². The van der Waals surface area contributed by atoms with E-state index in [1.54, 1.807) is 136 Å². The first-order chi connectivity index (χ1) is 45.4. The van der Waals surface area contributed by atoms with Crippen LogP contribution in [0.25, 0.3) is 0 Å². The number of ether oxygens (including phenoxy) is 4. The van der Waals surface area contributed by atoms with E-state index < -0.39 is 45.3 Å². The van der Waals surface area contributed by atoms with Gasteiger partial charge in [0.15, 0.2) is 23.1 Å². The zero-order valence-corrected chi connectivity index (χ0v) is 55.9. The highest BCUT2D eigenvalue weighted by Gasteiger charge is 2.34. The van der Waals surface area contributed by atoms with Crippen LogP contribution >= 0.6 is 0 Å². The molecule has 0 saturated carbocycles. The molecule has 4 aromatic heterocycles. The van der Waals surface area contributed by atoms with Crippen molar-refractivity contribution >= 4 is 69.5 Å². The van der Waals surface area contributed by atoms with Crippen LogP contribution in [0.5, 0.6) is 0 Å². The molecule has 28 nitrogen and oxygen atoms in total. The van der Waals surface area contributed by atoms with Crippen molar-refractivity contribution in [3.05, 3.63) is 167 Å². The summed E-state index contributed by atoms with van der Waals surface area (Å²) < 4.78 is 31.0. The molecule has 0 bridgehead atoms. The lowest BCUT2D eigenvalue weighted by molar-refractivity contribution is -0.118. The van der Waals surface area contributed by atoms with Gasteiger partial charge >= 0.3 is 0 Å². The highest BCUT2D eigenvalue weighted by Crippen LogP contribution is 2.28. The van der Waals surface area contributed by atoms with E-state index in [0.29, 0.717) is 67.8 Å². The Balaban J connectivity index is 0.976. The fourth-order valence-corrected chi connectivity index (χ4v) is 9.65. The summed E-state index contributed by atoms with van der Waals surface area (Å²) in [6.45, 7) is 18.3. The van der Waals surface area contributed by atoms with Gasteiger partial charge in [0.05, 0.1) is 83.1 Å². The molecule has 0 aliphatic heterocycles. The van der Waals surface area contributed by atoms with Crippen molar-refractivity contribution in [1.29, 1.82) is 0 Å². The molecule has 8 aromatic rings. The molecule has 4 heterocycles. The lowest BCUT2D eigenvalue weighted by atomic mass is 9.86. The predicted octanol–water partition coefficient (Wildman–Crippen LogP) is 8.29. The van der Waals surface area contributed by atoms with Crippen LogP contribution in [0.1, 0.15) is 140 Å². The molecule has 0 fully saturated rings. The summed E-state index contributed by atoms with van der Waals surface area (Å²) in [7, 11) is 0. The molecule has 0 aliphatic rings. The van der Waals surface area contributed by atoms with Crippen molar-refractivity contribution in [2.24, 2.45) is 27.6 Å². The van der Waals surface area contributed by atoms with Crippen LogP contribution in [0.2, 0.25) is 0 Å². The Kier molecular flexibility index (Phi) is 23.8. The summed E-state index contributed by atoms with van der Waals surface area (Å²) in [5.41, 5.74) is 2.07. The summed E-state index contributed by atoms with van der Waals surface area (Å²) in [5.74, 6) is -2.16. The fraction of sp³-hybridized carbons (Fsp3) is 0.412. The SMILES string of the molecule is CC(C)C(=O)c1cccc(NC(=O)Cn2cc(COCC(COCc3cn(CC(=O)Nc4cccc(C(=O)C(C)(C)C)c4)nn3)(COCc3cn(CC(=O)Nc4cccc(C(=O)C(C)(C)C)c4)nn3)COCc3cn(CC(=O)Nc4cccc(C(=O)C(C)(C)C)c4)nn3)nn2)c1. The Hall–Kier alpha value is -10.2. The van der Waals surface area contributed by atoms with Crippen molar-refractivity contribution < 1.29 is 57.3 Å². The number of carbonyl (C=O) groups excluding carboxylic acids is 8. The summed E-state index contributed by atoms with van der Waals surface area (Å²) in [6, 6.07) is 26.8. The number of anilines is 4. The maximum atomic E-state index is 13.3. The van der Waals surface area contributed by atoms with E-state index in [0.717, 1.165) is 0 Å². The van der Waals surface area contributed by atoms with Gasteiger partial charge in [-0.2, -0.15) is 0 Å². The smallest absolute Gasteiger partial charge is 0.246 e. The Morgan fingerprint density at radius 2 is 0.615 bits per heavy atom. The third-order valence-corrected chi connectivity index (χ3v) is 14.4. The summed E-state index contributed by atoms with van der Waals surface area (Å²) in [5, 5.41) is 44.9. The zero-order valence-electron chi connectivity index (χ0n) is 55.9. The minimum absolute atomic E-state index is 0.0579. The van der Waals surface area contributed by atoms with Gasteiger partial charge in [0.2, 0.25) is 23.6 Å². The van der Waals surface area contributed by atoms with Gasteiger partial charge in [-0.05, 0) is 48.5 Å². The van der Waals surface area contributed by atoms with Crippen molar-refractivity contribution in [2.45, 2.75) is 129 Å². The van der Waals surface area contributed by atoms with Gasteiger partial charge in [0.25, 0.3) is 0 Å². The third kappa shape index (κ3) is 21.4. The van der Waals surface area contributed by atoms with E-state index in [1.807, 2.05) is 62.3 Å². The number of ketones is 4. The number of benzene rings is 4. The zero-order chi connectivity index (χ0) is 69.4. The molecule has 4 N–H and O–H groups in total. The van der Waals surface area contributed by atoms with E-state index in [4.69, 9.17) is 18.9 Å². The third-order valence-electron chi connectivity index (χ3n) is 14.4. The number of Topliss-reactive ketones (excluding diaryl/α,β-unsaturated/α-hetero) is 4. The first kappa shape index (κ1) is 71.7. The average Bonchev–Trinajstić information content (AvgIpc) is 1.14. The summed E-state index contributed by atoms with van der Waals surface area (Å²) in [6.07, 6.45) is 6.23. The van der Waals surface area contributed by atoms with Gasteiger partial charge in [0.1, 0.15) is 49.0 Å². The summed E-state index contributed by atoms with van der Waals surface area (Å²) in [4.78, 5) is 105. The van der Waals surface area contributed by atoms with Crippen LogP contribution in [0.4, 0.5) is 22.7 Å². The molecular weight excluding hydrogens is 1230 g/mol. The van der Waals surface area contributed by atoms with Crippen LogP contribution in [-0.4, -0.2) is 133 Å². The number of amides is 4. The molecule has 0 saturated heterocycles. The van der Waals surface area contributed by atoms with Crippen LogP contribution in [0.15, 0.2) is 122 Å². The van der Waals surface area contributed by atoms with Gasteiger partial charge in [0, 0.05) is 67.2 Å². The minimum Gasteiger partial charge on any atom is -0.374 e. The molecule has 0 atom stereocenters. The quantitative estimate of drug-likeness (QED) is 0.0281. The minimum atomic E-state index is -1.17. The van der Waals surface area contributed by atoms with Gasteiger partial charge in [-0.25, -0.2) is 18.7 Å². The Morgan fingerprint density at radius 1 is 0.375 bits per heavy atom. The molecule has 28 heteroatoms. The Bertz CT molecular complexity index is 3760. The van der Waals surface area contributed by atoms with Crippen molar-refractivity contribution in [2.75, 3.05) is 47.7 Å². The maximum Gasteiger partial charge on any atom is 0.246 e. The first-order valence-corrected chi connectivity index (χ1v) is 31.1. The summed E-state index contributed by atoms with van der Waals surface area (Å²) >= 11 is 0.